The van der Waals surface area contributed by atoms with E-state index in [1.807, 2.05) is 11.6 Å². The normalized spacial score (nSPS) is 11.0. The average Bonchev–Trinajstić information content (AvgIpc) is 2.68. The minimum Gasteiger partial charge on any atom is -0.396 e. The molecular formula is C13H25N3O. The first-order valence-corrected chi connectivity index (χ1v) is 6.62. The first kappa shape index (κ1) is 14.2. The third-order valence-corrected chi connectivity index (χ3v) is 2.85. The van der Waals surface area contributed by atoms with Gasteiger partial charge in [0.1, 0.15) is 0 Å². The van der Waals surface area contributed by atoms with E-state index in [9.17, 15) is 0 Å². The quantitative estimate of drug-likeness (QED) is 0.647. The van der Waals surface area contributed by atoms with E-state index in [2.05, 4.69) is 23.4 Å². The van der Waals surface area contributed by atoms with Crippen molar-refractivity contribution in [2.45, 2.75) is 52.6 Å². The molecule has 0 bridgehead atoms. The van der Waals surface area contributed by atoms with Crippen molar-refractivity contribution in [3.8, 4) is 0 Å². The summed E-state index contributed by atoms with van der Waals surface area (Å²) in [5, 5.41) is 16.5. The summed E-state index contributed by atoms with van der Waals surface area (Å²) in [7, 11) is 0. The van der Waals surface area contributed by atoms with Crippen LogP contribution in [0.25, 0.3) is 0 Å². The molecule has 98 valence electrons. The van der Waals surface area contributed by atoms with Crippen molar-refractivity contribution in [3.05, 3.63) is 17.5 Å². The number of rotatable bonds is 9. The number of aliphatic hydroxyl groups excluding tert-OH is 1. The molecule has 0 unspecified atom stereocenters. The predicted octanol–water partition coefficient (Wildman–Crippen LogP) is 1.85. The number of nitrogens with zero attached hydrogens (tertiary/aromatic N) is 2. The van der Waals surface area contributed by atoms with Gasteiger partial charge in [-0.3, -0.25) is 4.68 Å². The second kappa shape index (κ2) is 8.25. The van der Waals surface area contributed by atoms with E-state index in [0.717, 1.165) is 38.2 Å². The number of hydrogen-bond donors (Lipinski definition) is 2. The van der Waals surface area contributed by atoms with Crippen LogP contribution in [0, 0.1) is 6.92 Å². The summed E-state index contributed by atoms with van der Waals surface area (Å²) in [5.41, 5.74) is 2.35. The molecule has 0 aliphatic rings. The molecule has 1 heterocycles. The zero-order valence-electron chi connectivity index (χ0n) is 11.1. The Kier molecular flexibility index (Phi) is 6.89. The highest BCUT2D eigenvalue weighted by molar-refractivity contribution is 5.08. The molecule has 1 aromatic rings. The van der Waals surface area contributed by atoms with Crippen molar-refractivity contribution in [1.82, 2.24) is 15.1 Å². The fourth-order valence-corrected chi connectivity index (χ4v) is 1.95. The van der Waals surface area contributed by atoms with Gasteiger partial charge in [0.05, 0.1) is 11.4 Å². The van der Waals surface area contributed by atoms with Crippen LogP contribution < -0.4 is 5.32 Å². The highest BCUT2D eigenvalue weighted by atomic mass is 16.2. The number of unbranched alkanes of at least 4 members (excludes halogenated alkanes) is 3. The molecule has 0 saturated heterocycles. The van der Waals surface area contributed by atoms with Gasteiger partial charge in [-0.1, -0.05) is 12.8 Å². The molecule has 0 saturated carbocycles. The summed E-state index contributed by atoms with van der Waals surface area (Å²) in [6.45, 7) is 7.34. The lowest BCUT2D eigenvalue weighted by molar-refractivity contribution is 0.282. The van der Waals surface area contributed by atoms with Crippen LogP contribution in [0.1, 0.15) is 44.0 Å². The SMILES string of the molecule is CCn1nc(C)cc1CNCCCCCCO. The van der Waals surface area contributed by atoms with Crippen LogP contribution in [0.4, 0.5) is 0 Å². The largest absolute Gasteiger partial charge is 0.396 e. The Balaban J connectivity index is 2.13. The van der Waals surface area contributed by atoms with Crippen molar-refractivity contribution < 1.29 is 5.11 Å². The van der Waals surface area contributed by atoms with Crippen molar-refractivity contribution in [3.63, 3.8) is 0 Å². The van der Waals surface area contributed by atoms with Gasteiger partial charge in [-0.2, -0.15) is 5.10 Å². The molecule has 0 fully saturated rings. The van der Waals surface area contributed by atoms with E-state index < -0.39 is 0 Å². The minimum absolute atomic E-state index is 0.322. The molecular weight excluding hydrogens is 214 g/mol. The summed E-state index contributed by atoms with van der Waals surface area (Å²) in [6.07, 6.45) is 4.44. The van der Waals surface area contributed by atoms with Crippen LogP contribution in [0.3, 0.4) is 0 Å². The van der Waals surface area contributed by atoms with E-state index in [4.69, 9.17) is 5.11 Å². The van der Waals surface area contributed by atoms with Crippen LogP contribution in [0.2, 0.25) is 0 Å². The van der Waals surface area contributed by atoms with Crippen LogP contribution >= 0.6 is 0 Å². The van der Waals surface area contributed by atoms with E-state index in [1.54, 1.807) is 0 Å². The molecule has 0 aliphatic heterocycles. The molecule has 17 heavy (non-hydrogen) atoms. The van der Waals surface area contributed by atoms with E-state index in [-0.39, 0.29) is 0 Å². The molecule has 0 radical (unpaired) electrons. The van der Waals surface area contributed by atoms with Gasteiger partial charge >= 0.3 is 0 Å². The molecule has 1 aromatic heterocycles. The van der Waals surface area contributed by atoms with Gasteiger partial charge in [0.25, 0.3) is 0 Å². The number of aliphatic hydroxyl groups is 1. The van der Waals surface area contributed by atoms with Crippen molar-refractivity contribution in [1.29, 1.82) is 0 Å². The Bertz CT molecular complexity index is 310. The lowest BCUT2D eigenvalue weighted by atomic mass is 10.2. The van der Waals surface area contributed by atoms with Crippen molar-refractivity contribution in [2.24, 2.45) is 0 Å². The predicted molar refractivity (Wildman–Crippen MR) is 69.9 cm³/mol. The Morgan fingerprint density at radius 3 is 2.76 bits per heavy atom. The van der Waals surface area contributed by atoms with Gasteiger partial charge in [0.15, 0.2) is 0 Å². The highest BCUT2D eigenvalue weighted by Crippen LogP contribution is 2.03. The van der Waals surface area contributed by atoms with Crippen molar-refractivity contribution >= 4 is 0 Å². The Morgan fingerprint density at radius 2 is 2.06 bits per heavy atom. The summed E-state index contributed by atoms with van der Waals surface area (Å²) in [6, 6.07) is 2.14. The summed E-state index contributed by atoms with van der Waals surface area (Å²) >= 11 is 0. The van der Waals surface area contributed by atoms with Crippen molar-refractivity contribution in [2.75, 3.05) is 13.2 Å². The van der Waals surface area contributed by atoms with Crippen LogP contribution in [0.15, 0.2) is 6.07 Å². The third kappa shape index (κ3) is 5.33. The highest BCUT2D eigenvalue weighted by Gasteiger charge is 2.02. The molecule has 4 nitrogen and oxygen atoms in total. The maximum Gasteiger partial charge on any atom is 0.0597 e. The van der Waals surface area contributed by atoms with Gasteiger partial charge in [-0.05, 0) is 39.3 Å². The fourth-order valence-electron chi connectivity index (χ4n) is 1.95. The topological polar surface area (TPSA) is 50.1 Å². The van der Waals surface area contributed by atoms with Gasteiger partial charge in [-0.25, -0.2) is 0 Å². The van der Waals surface area contributed by atoms with Crippen LogP contribution in [-0.4, -0.2) is 28.0 Å². The molecule has 0 amide bonds. The van der Waals surface area contributed by atoms with Gasteiger partial charge in [0, 0.05) is 19.7 Å². The molecule has 0 spiro atoms. The molecule has 0 aromatic carbocycles. The molecule has 0 aliphatic carbocycles. The lowest BCUT2D eigenvalue weighted by Crippen LogP contribution is -2.17. The monoisotopic (exact) mass is 239 g/mol. The average molecular weight is 239 g/mol. The van der Waals surface area contributed by atoms with Crippen LogP contribution in [0.5, 0.6) is 0 Å². The smallest absolute Gasteiger partial charge is 0.0597 e. The Hall–Kier alpha value is -0.870. The third-order valence-electron chi connectivity index (χ3n) is 2.85. The Morgan fingerprint density at radius 1 is 1.29 bits per heavy atom. The minimum atomic E-state index is 0.322. The molecule has 4 heteroatoms. The lowest BCUT2D eigenvalue weighted by Gasteiger charge is -2.06. The first-order chi connectivity index (χ1) is 8.27. The summed E-state index contributed by atoms with van der Waals surface area (Å²) in [5.74, 6) is 0. The number of aromatic nitrogens is 2. The fraction of sp³-hybridized carbons (Fsp3) is 0.769. The second-order valence-electron chi connectivity index (χ2n) is 4.41. The maximum atomic E-state index is 8.65. The number of hydrogen-bond acceptors (Lipinski definition) is 3. The zero-order valence-corrected chi connectivity index (χ0v) is 11.1. The maximum absolute atomic E-state index is 8.65. The standard InChI is InChI=1S/C13H25N3O/c1-3-16-13(10-12(2)15-16)11-14-8-6-4-5-7-9-17/h10,14,17H,3-9,11H2,1-2H3. The number of nitrogens with one attached hydrogen (secondary N) is 1. The van der Waals surface area contributed by atoms with E-state index >= 15 is 0 Å². The number of aryl methyl sites for hydroxylation is 2. The van der Waals surface area contributed by atoms with Gasteiger partial charge in [-0.15, -0.1) is 0 Å². The first-order valence-electron chi connectivity index (χ1n) is 6.62. The summed E-state index contributed by atoms with van der Waals surface area (Å²) in [4.78, 5) is 0. The van der Waals surface area contributed by atoms with E-state index in [1.165, 1.54) is 18.5 Å². The van der Waals surface area contributed by atoms with Crippen LogP contribution in [-0.2, 0) is 13.1 Å². The van der Waals surface area contributed by atoms with Gasteiger partial charge < -0.3 is 10.4 Å². The summed E-state index contributed by atoms with van der Waals surface area (Å²) < 4.78 is 2.05. The molecule has 1 rings (SSSR count). The zero-order chi connectivity index (χ0) is 12.5. The van der Waals surface area contributed by atoms with E-state index in [0.29, 0.717) is 6.61 Å². The molecule has 0 atom stereocenters. The van der Waals surface area contributed by atoms with Gasteiger partial charge in [0.2, 0.25) is 0 Å². The second-order valence-corrected chi connectivity index (χ2v) is 4.41. The molecule has 2 N–H and O–H groups in total. The Labute approximate surface area is 104 Å².